The Bertz CT molecular complexity index is 630. The molecule has 0 aliphatic rings. The minimum atomic E-state index is 0.637. The number of nitrogens with one attached hydrogen (secondary N) is 2. The summed E-state index contributed by atoms with van der Waals surface area (Å²) in [7, 11) is 3.45. The number of hydrogen-bond donors (Lipinski definition) is 2. The maximum atomic E-state index is 5.71. The molecule has 0 unspecified atom stereocenters. The summed E-state index contributed by atoms with van der Waals surface area (Å²) in [5.41, 5.74) is 2.14. The fourth-order valence-electron chi connectivity index (χ4n) is 2.15. The quantitative estimate of drug-likeness (QED) is 0.444. The van der Waals surface area contributed by atoms with Crippen LogP contribution in [0.25, 0.3) is 0 Å². The second-order valence-corrected chi connectivity index (χ2v) is 5.26. The van der Waals surface area contributed by atoms with Gasteiger partial charge >= 0.3 is 0 Å². The van der Waals surface area contributed by atoms with E-state index in [0.717, 1.165) is 23.8 Å². The molecule has 128 valence electrons. The highest BCUT2D eigenvalue weighted by atomic mass is 16.5. The molecule has 0 spiro atoms. The van der Waals surface area contributed by atoms with Crippen LogP contribution in [0.5, 0.6) is 5.75 Å². The van der Waals surface area contributed by atoms with Gasteiger partial charge in [0, 0.05) is 45.5 Å². The Balaban J connectivity index is 1.86. The molecule has 0 heterocycles. The van der Waals surface area contributed by atoms with E-state index in [1.54, 1.807) is 14.2 Å². The average molecular weight is 327 g/mol. The molecule has 2 N–H and O–H groups in total. The zero-order chi connectivity index (χ0) is 17.0. The van der Waals surface area contributed by atoms with Crippen LogP contribution >= 0.6 is 0 Å². The normalized spacial score (nSPS) is 11.2. The van der Waals surface area contributed by atoms with Gasteiger partial charge in [-0.3, -0.25) is 4.99 Å². The minimum absolute atomic E-state index is 0.637. The van der Waals surface area contributed by atoms with Gasteiger partial charge in [-0.1, -0.05) is 36.4 Å². The highest BCUT2D eigenvalue weighted by molar-refractivity contribution is 5.93. The number of methoxy groups -OCH3 is 1. The smallest absolute Gasteiger partial charge is 0.195 e. The van der Waals surface area contributed by atoms with Crippen LogP contribution in [-0.2, 0) is 11.3 Å². The first kappa shape index (κ1) is 17.8. The number of guanidine groups is 1. The zero-order valence-corrected chi connectivity index (χ0v) is 14.3. The van der Waals surface area contributed by atoms with Gasteiger partial charge in [-0.15, -0.1) is 0 Å². The van der Waals surface area contributed by atoms with Crippen molar-refractivity contribution in [2.75, 3.05) is 32.7 Å². The van der Waals surface area contributed by atoms with Crippen molar-refractivity contribution in [2.24, 2.45) is 4.99 Å². The molecule has 0 saturated heterocycles. The van der Waals surface area contributed by atoms with Gasteiger partial charge in [0.05, 0.1) is 6.61 Å². The third-order valence-electron chi connectivity index (χ3n) is 3.38. The Morgan fingerprint density at radius 1 is 1.04 bits per heavy atom. The van der Waals surface area contributed by atoms with E-state index in [0.29, 0.717) is 19.8 Å². The molecule has 24 heavy (non-hydrogen) atoms. The van der Waals surface area contributed by atoms with E-state index in [4.69, 9.17) is 9.47 Å². The molecule has 0 aromatic heterocycles. The molecule has 0 bridgehead atoms. The molecule has 2 aromatic rings. The molecule has 2 rings (SSSR count). The third-order valence-corrected chi connectivity index (χ3v) is 3.38. The first-order valence-electron chi connectivity index (χ1n) is 8.05. The maximum Gasteiger partial charge on any atom is 0.195 e. The van der Waals surface area contributed by atoms with E-state index >= 15 is 0 Å². The highest BCUT2D eigenvalue weighted by Crippen LogP contribution is 2.17. The van der Waals surface area contributed by atoms with Gasteiger partial charge in [0.15, 0.2) is 5.96 Å². The molecule has 5 heteroatoms. The van der Waals surface area contributed by atoms with Crippen LogP contribution in [0.2, 0.25) is 0 Å². The average Bonchev–Trinajstić information content (AvgIpc) is 2.63. The maximum absolute atomic E-state index is 5.71. The van der Waals surface area contributed by atoms with Crippen LogP contribution in [0, 0.1) is 0 Å². The Morgan fingerprint density at radius 3 is 2.62 bits per heavy atom. The molecule has 0 radical (unpaired) electrons. The molecule has 0 atom stereocenters. The van der Waals surface area contributed by atoms with Crippen molar-refractivity contribution in [3.63, 3.8) is 0 Å². The van der Waals surface area contributed by atoms with Crippen molar-refractivity contribution in [2.45, 2.75) is 13.0 Å². The topological polar surface area (TPSA) is 54.9 Å². The predicted molar refractivity (Wildman–Crippen MR) is 98.7 cm³/mol. The van der Waals surface area contributed by atoms with Gasteiger partial charge in [-0.05, 0) is 17.7 Å². The lowest BCUT2D eigenvalue weighted by atomic mass is 10.2. The predicted octanol–water partition coefficient (Wildman–Crippen LogP) is 3.29. The number of nitrogens with zero attached hydrogens (tertiary/aromatic N) is 1. The van der Waals surface area contributed by atoms with Crippen molar-refractivity contribution in [3.05, 3.63) is 60.2 Å². The number of ether oxygens (including phenoxy) is 2. The second-order valence-electron chi connectivity index (χ2n) is 5.26. The molecule has 0 aliphatic carbocycles. The van der Waals surface area contributed by atoms with Crippen LogP contribution in [0.1, 0.15) is 12.0 Å². The van der Waals surface area contributed by atoms with Crippen molar-refractivity contribution in [1.29, 1.82) is 0 Å². The second kappa shape index (κ2) is 10.3. The molecule has 0 fully saturated rings. The monoisotopic (exact) mass is 327 g/mol. The van der Waals surface area contributed by atoms with Crippen LogP contribution in [-0.4, -0.2) is 33.3 Å². The van der Waals surface area contributed by atoms with Gasteiger partial charge in [-0.2, -0.15) is 0 Å². The lowest BCUT2D eigenvalue weighted by molar-refractivity contribution is 0.172. The van der Waals surface area contributed by atoms with E-state index in [1.165, 1.54) is 5.56 Å². The van der Waals surface area contributed by atoms with Gasteiger partial charge in [0.1, 0.15) is 5.75 Å². The summed E-state index contributed by atoms with van der Waals surface area (Å²) >= 11 is 0. The number of aliphatic imine (C=N–C) groups is 1. The summed E-state index contributed by atoms with van der Waals surface area (Å²) in [6.45, 7) is 2.06. The molecule has 0 amide bonds. The van der Waals surface area contributed by atoms with Gasteiger partial charge in [0.25, 0.3) is 0 Å². The van der Waals surface area contributed by atoms with E-state index in [2.05, 4.69) is 27.8 Å². The van der Waals surface area contributed by atoms with Gasteiger partial charge in [0.2, 0.25) is 0 Å². The molecular formula is C19H25N3O2. The molecule has 0 saturated carbocycles. The largest absolute Gasteiger partial charge is 0.493 e. The Labute approximate surface area is 143 Å². The highest BCUT2D eigenvalue weighted by Gasteiger charge is 2.01. The van der Waals surface area contributed by atoms with Crippen LogP contribution in [0.4, 0.5) is 5.69 Å². The van der Waals surface area contributed by atoms with Gasteiger partial charge in [-0.25, -0.2) is 0 Å². The molecule has 0 aliphatic heterocycles. The third kappa shape index (κ3) is 6.30. The summed E-state index contributed by atoms with van der Waals surface area (Å²) in [4.78, 5) is 4.25. The van der Waals surface area contributed by atoms with Crippen LogP contribution in [0.15, 0.2) is 59.6 Å². The fraction of sp³-hybridized carbons (Fsp3) is 0.316. The fourth-order valence-corrected chi connectivity index (χ4v) is 2.15. The lowest BCUT2D eigenvalue weighted by Crippen LogP contribution is -2.30. The summed E-state index contributed by atoms with van der Waals surface area (Å²) < 4.78 is 10.7. The van der Waals surface area contributed by atoms with Crippen molar-refractivity contribution in [1.82, 2.24) is 5.32 Å². The number of hydrogen-bond acceptors (Lipinski definition) is 3. The summed E-state index contributed by atoms with van der Waals surface area (Å²) in [5, 5.41) is 6.57. The van der Waals surface area contributed by atoms with E-state index < -0.39 is 0 Å². The summed E-state index contributed by atoms with van der Waals surface area (Å²) in [6, 6.07) is 18.1. The first-order valence-corrected chi connectivity index (χ1v) is 8.05. The Kier molecular flexibility index (Phi) is 7.63. The Morgan fingerprint density at radius 2 is 1.88 bits per heavy atom. The van der Waals surface area contributed by atoms with Crippen molar-refractivity contribution < 1.29 is 9.47 Å². The van der Waals surface area contributed by atoms with Gasteiger partial charge < -0.3 is 20.1 Å². The summed E-state index contributed by atoms with van der Waals surface area (Å²) in [6.07, 6.45) is 0.869. The van der Waals surface area contributed by atoms with E-state index in [-0.39, 0.29) is 0 Å². The lowest BCUT2D eigenvalue weighted by Gasteiger charge is -2.13. The van der Waals surface area contributed by atoms with Crippen LogP contribution in [0.3, 0.4) is 0 Å². The van der Waals surface area contributed by atoms with E-state index in [1.807, 2.05) is 42.5 Å². The van der Waals surface area contributed by atoms with E-state index in [9.17, 15) is 0 Å². The molecule has 2 aromatic carbocycles. The SMILES string of the molecule is CN=C(NCc1ccccc1)Nc1cccc(OCCCOC)c1. The standard InChI is InChI=1S/C19H25N3O2/c1-20-19(21-15-16-8-4-3-5-9-16)22-17-10-6-11-18(14-17)24-13-7-12-23-2/h3-6,8-11,14H,7,12-13,15H2,1-2H3,(H2,20,21,22). The van der Waals surface area contributed by atoms with Crippen molar-refractivity contribution in [3.8, 4) is 5.75 Å². The minimum Gasteiger partial charge on any atom is -0.493 e. The number of benzene rings is 2. The number of rotatable bonds is 8. The summed E-state index contributed by atoms with van der Waals surface area (Å²) in [5.74, 6) is 1.55. The zero-order valence-electron chi connectivity index (χ0n) is 14.3. The molecular weight excluding hydrogens is 302 g/mol. The first-order chi connectivity index (χ1) is 11.8. The number of anilines is 1. The van der Waals surface area contributed by atoms with Crippen LogP contribution < -0.4 is 15.4 Å². The molecule has 5 nitrogen and oxygen atoms in total. The van der Waals surface area contributed by atoms with Crippen molar-refractivity contribution >= 4 is 11.6 Å². The Hall–Kier alpha value is -2.53.